The Labute approximate surface area is 366 Å². The highest BCUT2D eigenvalue weighted by Crippen LogP contribution is 2.52. The second kappa shape index (κ2) is 18.2. The van der Waals surface area contributed by atoms with Crippen LogP contribution in [0.3, 0.4) is 0 Å². The van der Waals surface area contributed by atoms with Gasteiger partial charge in [-0.15, -0.1) is 0 Å². The SMILES string of the molecule is COc1cc2c(cc1OC)C(=O)C(CC1CCN(Cc3c(O)c(O)c(OCOc4cc5c(cc4OC)CC(CC4CCN(C(O)(O)c6ccccc6)CC4)C5=O)c(O)c3O)CC1)C2. The van der Waals surface area contributed by atoms with Crippen LogP contribution in [0.15, 0.2) is 54.6 Å². The van der Waals surface area contributed by atoms with Gasteiger partial charge in [0.1, 0.15) is 0 Å². The van der Waals surface area contributed by atoms with E-state index in [-0.39, 0.29) is 47.2 Å². The fourth-order valence-corrected chi connectivity index (χ4v) is 10.0. The molecular weight excluding hydrogens is 813 g/mol. The minimum absolute atomic E-state index is 0.0219. The molecule has 336 valence electrons. The molecule has 0 aromatic heterocycles. The summed E-state index contributed by atoms with van der Waals surface area (Å²) in [5, 5.41) is 65.7. The summed E-state index contributed by atoms with van der Waals surface area (Å²) < 4.78 is 27.8. The highest BCUT2D eigenvalue weighted by Gasteiger charge is 2.40. The molecule has 15 heteroatoms. The van der Waals surface area contributed by atoms with E-state index < -0.39 is 41.5 Å². The summed E-state index contributed by atoms with van der Waals surface area (Å²) in [6, 6.07) is 15.7. The zero-order valence-electron chi connectivity index (χ0n) is 35.8. The lowest BCUT2D eigenvalue weighted by molar-refractivity contribution is -0.280. The number of hydrogen-bond acceptors (Lipinski definition) is 15. The van der Waals surface area contributed by atoms with Gasteiger partial charge < -0.3 is 54.3 Å². The molecule has 2 aliphatic heterocycles. The van der Waals surface area contributed by atoms with E-state index in [1.165, 1.54) is 7.11 Å². The standard InChI is InChI=1S/C48H56N2O13/c1-59-37-21-29-19-31(41(51)34(29)23-39(37)61-3)17-27-9-13-49(14-10-27)25-36-43(53)45(55)47(46(56)44(36)54)63-26-62-40-24-35-30(22-38(40)60-2)20-32(42(35)52)18-28-11-15-50(16-12-28)48(57,58)33-7-5-4-6-8-33/h4-8,21-24,27-28,31-32,53-58H,9-20,25-26H2,1-3H3. The molecule has 2 atom stereocenters. The molecule has 4 aliphatic rings. The minimum atomic E-state index is -2.06. The molecule has 63 heavy (non-hydrogen) atoms. The van der Waals surface area contributed by atoms with Crippen LogP contribution in [0.5, 0.6) is 51.7 Å². The summed E-state index contributed by atoms with van der Waals surface area (Å²) >= 11 is 0. The zero-order valence-corrected chi connectivity index (χ0v) is 35.8. The lowest BCUT2D eigenvalue weighted by atomic mass is 9.85. The number of benzene rings is 4. The predicted molar refractivity (Wildman–Crippen MR) is 229 cm³/mol. The lowest BCUT2D eigenvalue weighted by Crippen LogP contribution is -2.50. The summed E-state index contributed by atoms with van der Waals surface area (Å²) in [5.74, 6) is -3.53. The first kappa shape index (κ1) is 43.9. The number of fused-ring (bicyclic) bond motifs is 2. The van der Waals surface area contributed by atoms with E-state index in [1.54, 1.807) is 61.6 Å². The van der Waals surface area contributed by atoms with Gasteiger partial charge in [0.15, 0.2) is 46.1 Å². The van der Waals surface area contributed by atoms with Gasteiger partial charge in [0, 0.05) is 48.2 Å². The molecule has 2 unspecified atom stereocenters. The molecule has 0 saturated carbocycles. The van der Waals surface area contributed by atoms with Crippen molar-refractivity contribution in [2.75, 3.05) is 54.3 Å². The summed E-state index contributed by atoms with van der Waals surface area (Å²) in [4.78, 5) is 30.6. The van der Waals surface area contributed by atoms with Crippen LogP contribution in [0.2, 0.25) is 0 Å². The van der Waals surface area contributed by atoms with Gasteiger partial charge in [-0.25, -0.2) is 4.90 Å². The number of Topliss-reactive ketones (excluding diaryl/α,β-unsaturated/α-hetero) is 2. The van der Waals surface area contributed by atoms with Crippen molar-refractivity contribution in [2.45, 2.75) is 63.8 Å². The number of aromatic hydroxyl groups is 4. The molecule has 4 aromatic rings. The van der Waals surface area contributed by atoms with E-state index in [0.717, 1.165) is 30.4 Å². The van der Waals surface area contributed by atoms with Crippen LogP contribution in [0.4, 0.5) is 0 Å². The van der Waals surface area contributed by atoms with Gasteiger partial charge in [0.25, 0.3) is 5.91 Å². The number of ether oxygens (including phenoxy) is 5. The van der Waals surface area contributed by atoms with E-state index >= 15 is 0 Å². The summed E-state index contributed by atoms with van der Waals surface area (Å²) in [7, 11) is 4.59. The van der Waals surface area contributed by atoms with Crippen molar-refractivity contribution in [1.29, 1.82) is 0 Å². The fourth-order valence-electron chi connectivity index (χ4n) is 10.0. The average molecular weight is 869 g/mol. The Balaban J connectivity index is 0.836. The third-order valence-electron chi connectivity index (χ3n) is 13.6. The highest BCUT2D eigenvalue weighted by atomic mass is 16.7. The number of carbonyl (C=O) groups is 2. The summed E-state index contributed by atoms with van der Waals surface area (Å²) in [6.45, 7) is 1.66. The highest BCUT2D eigenvalue weighted by molar-refractivity contribution is 6.03. The molecule has 4 aromatic carbocycles. The van der Waals surface area contributed by atoms with Crippen molar-refractivity contribution < 1.29 is 63.9 Å². The summed E-state index contributed by atoms with van der Waals surface area (Å²) in [5.41, 5.74) is 3.32. The van der Waals surface area contributed by atoms with E-state index in [1.807, 2.05) is 17.0 Å². The number of phenols is 4. The molecule has 6 N–H and O–H groups in total. The number of aliphatic hydroxyl groups is 2. The molecule has 15 nitrogen and oxygen atoms in total. The molecule has 2 fully saturated rings. The predicted octanol–water partition coefficient (Wildman–Crippen LogP) is 5.86. The Morgan fingerprint density at radius 1 is 0.619 bits per heavy atom. The monoisotopic (exact) mass is 868 g/mol. The first-order valence-electron chi connectivity index (χ1n) is 21.6. The van der Waals surface area contributed by atoms with Crippen LogP contribution in [0.1, 0.15) is 81.5 Å². The first-order chi connectivity index (χ1) is 30.3. The maximum absolute atomic E-state index is 13.7. The Morgan fingerprint density at radius 3 is 1.62 bits per heavy atom. The van der Waals surface area contributed by atoms with E-state index in [9.17, 15) is 40.2 Å². The normalized spacial score (nSPS) is 19.8. The van der Waals surface area contributed by atoms with E-state index in [4.69, 9.17) is 23.7 Å². The van der Waals surface area contributed by atoms with Gasteiger partial charge in [0.2, 0.25) is 24.0 Å². The smallest absolute Gasteiger partial charge is 0.253 e. The van der Waals surface area contributed by atoms with Crippen molar-refractivity contribution in [3.05, 3.63) is 88.0 Å². The number of nitrogens with zero attached hydrogens (tertiary/aromatic N) is 2. The Kier molecular flexibility index (Phi) is 12.7. The van der Waals surface area contributed by atoms with Crippen LogP contribution in [-0.4, -0.2) is 106 Å². The van der Waals surface area contributed by atoms with Crippen molar-refractivity contribution in [3.8, 4) is 51.7 Å². The number of phenolic OH excluding ortho intramolecular Hbond substituents is 4. The van der Waals surface area contributed by atoms with Gasteiger partial charge in [-0.1, -0.05) is 30.3 Å². The molecule has 0 radical (unpaired) electrons. The number of likely N-dealkylation sites (tertiary alicyclic amines) is 2. The number of rotatable bonds is 15. The van der Waals surface area contributed by atoms with Crippen molar-refractivity contribution in [3.63, 3.8) is 0 Å². The van der Waals surface area contributed by atoms with Crippen molar-refractivity contribution in [2.24, 2.45) is 23.7 Å². The van der Waals surface area contributed by atoms with Crippen molar-refractivity contribution >= 4 is 11.6 Å². The van der Waals surface area contributed by atoms with E-state index in [0.29, 0.717) is 98.1 Å². The van der Waals surface area contributed by atoms with Crippen LogP contribution < -0.4 is 23.7 Å². The molecular formula is C48H56N2O13. The minimum Gasteiger partial charge on any atom is -0.504 e. The van der Waals surface area contributed by atoms with Crippen LogP contribution in [-0.2, 0) is 25.3 Å². The zero-order chi connectivity index (χ0) is 44.6. The largest absolute Gasteiger partial charge is 0.504 e. The first-order valence-corrected chi connectivity index (χ1v) is 21.6. The Hall–Kier alpha value is -5.74. The molecule has 8 rings (SSSR count). The van der Waals surface area contributed by atoms with Crippen molar-refractivity contribution in [1.82, 2.24) is 9.80 Å². The molecule has 0 spiro atoms. The quantitative estimate of drug-likeness (QED) is 0.0470. The number of ketones is 2. The van der Waals surface area contributed by atoms with Gasteiger partial charge in [-0.2, -0.15) is 0 Å². The van der Waals surface area contributed by atoms with Crippen LogP contribution in [0, 0.1) is 23.7 Å². The number of carbonyl (C=O) groups excluding carboxylic acids is 2. The summed E-state index contributed by atoms with van der Waals surface area (Å²) in [6.07, 6.45) is 5.57. The second-order valence-corrected chi connectivity index (χ2v) is 17.3. The van der Waals surface area contributed by atoms with Crippen LogP contribution in [0.25, 0.3) is 0 Å². The van der Waals surface area contributed by atoms with Gasteiger partial charge >= 0.3 is 0 Å². The third kappa shape index (κ3) is 8.66. The van der Waals surface area contributed by atoms with E-state index in [2.05, 4.69) is 0 Å². The van der Waals surface area contributed by atoms with Crippen LogP contribution >= 0.6 is 0 Å². The molecule has 2 aliphatic carbocycles. The number of methoxy groups -OCH3 is 3. The van der Waals surface area contributed by atoms with Gasteiger partial charge in [0.05, 0.1) is 26.9 Å². The molecule has 2 heterocycles. The Morgan fingerprint density at radius 2 is 1.10 bits per heavy atom. The Bertz CT molecular complexity index is 2310. The van der Waals surface area contributed by atoms with Gasteiger partial charge in [-0.3, -0.25) is 14.5 Å². The maximum Gasteiger partial charge on any atom is 0.253 e. The molecule has 0 amide bonds. The average Bonchev–Trinajstić information content (AvgIpc) is 3.77. The second-order valence-electron chi connectivity index (χ2n) is 17.3. The topological polar surface area (TPSA) is 208 Å². The fraction of sp³-hybridized carbons (Fsp3) is 0.458. The third-order valence-corrected chi connectivity index (χ3v) is 13.6. The number of piperidine rings is 2. The molecule has 0 bridgehead atoms. The lowest BCUT2D eigenvalue weighted by Gasteiger charge is -2.40. The number of hydrogen-bond donors (Lipinski definition) is 6. The van der Waals surface area contributed by atoms with Gasteiger partial charge in [-0.05, 0) is 112 Å². The molecule has 2 saturated heterocycles. The maximum atomic E-state index is 13.7.